The molecule has 0 amide bonds. The molecule has 0 aromatic heterocycles. The zero-order valence-electron chi connectivity index (χ0n) is 10.1. The quantitative estimate of drug-likeness (QED) is 0.512. The molecule has 1 saturated heterocycles. The number of ketones is 1. The first-order valence-electron chi connectivity index (χ1n) is 5.49. The zero-order chi connectivity index (χ0) is 11.4. The minimum Gasteiger partial charge on any atom is -0.483 e. The van der Waals surface area contributed by atoms with Crippen molar-refractivity contribution < 1.29 is 9.53 Å². The minimum absolute atomic E-state index is 0.256. The van der Waals surface area contributed by atoms with Crippen LogP contribution in [0.4, 0.5) is 0 Å². The van der Waals surface area contributed by atoms with E-state index < -0.39 is 0 Å². The smallest absolute Gasteiger partial charge is 0.159 e. The zero-order valence-corrected chi connectivity index (χ0v) is 10.1. The van der Waals surface area contributed by atoms with E-state index in [1.807, 2.05) is 0 Å². The second kappa shape index (κ2) is 5.15. The van der Waals surface area contributed by atoms with Gasteiger partial charge in [-0.1, -0.05) is 11.6 Å². The predicted octanol–water partition coefficient (Wildman–Crippen LogP) is 3.38. The average molecular weight is 208 g/mol. The molecule has 1 heterocycles. The highest BCUT2D eigenvalue weighted by Gasteiger charge is 2.33. The van der Waals surface area contributed by atoms with Crippen LogP contribution < -0.4 is 0 Å². The summed E-state index contributed by atoms with van der Waals surface area (Å²) >= 11 is 0. The number of ether oxygens (including phenoxy) is 1. The molecule has 1 aliphatic rings. The molecular formula is C13H20O2. The Bertz CT molecular complexity index is 306. The molecule has 84 valence electrons. The SMILES string of the molecule is CC(=O)CC/C=C(\C)CC1OC1=C(C)C. The van der Waals surface area contributed by atoms with Crippen LogP contribution in [-0.2, 0) is 9.53 Å². The monoisotopic (exact) mass is 208 g/mol. The van der Waals surface area contributed by atoms with Crippen LogP contribution >= 0.6 is 0 Å². The molecule has 0 saturated carbocycles. The van der Waals surface area contributed by atoms with E-state index in [4.69, 9.17) is 4.74 Å². The summed E-state index contributed by atoms with van der Waals surface area (Å²) in [6, 6.07) is 0. The van der Waals surface area contributed by atoms with Crippen molar-refractivity contribution in [2.75, 3.05) is 0 Å². The lowest BCUT2D eigenvalue weighted by atomic mass is 10.1. The Morgan fingerprint density at radius 1 is 1.33 bits per heavy atom. The molecule has 0 aliphatic carbocycles. The van der Waals surface area contributed by atoms with Crippen LogP contribution in [0.3, 0.4) is 0 Å². The molecule has 1 fully saturated rings. The fourth-order valence-corrected chi connectivity index (χ4v) is 1.59. The molecule has 0 N–H and O–H groups in total. The Morgan fingerprint density at radius 3 is 2.47 bits per heavy atom. The van der Waals surface area contributed by atoms with Crippen molar-refractivity contribution in [2.45, 2.75) is 53.1 Å². The molecule has 0 spiro atoms. The van der Waals surface area contributed by atoms with Crippen molar-refractivity contribution in [3.8, 4) is 0 Å². The van der Waals surface area contributed by atoms with Gasteiger partial charge in [-0.05, 0) is 39.7 Å². The molecule has 0 aromatic carbocycles. The van der Waals surface area contributed by atoms with Gasteiger partial charge in [0, 0.05) is 12.8 Å². The summed E-state index contributed by atoms with van der Waals surface area (Å²) < 4.78 is 5.45. The van der Waals surface area contributed by atoms with Gasteiger partial charge in [-0.25, -0.2) is 0 Å². The first kappa shape index (κ1) is 12.0. The Hall–Kier alpha value is -1.05. The fraction of sp³-hybridized carbons (Fsp3) is 0.615. The Labute approximate surface area is 92.0 Å². The van der Waals surface area contributed by atoms with Gasteiger partial charge >= 0.3 is 0 Å². The number of Topliss-reactive ketones (excluding diaryl/α,β-unsaturated/α-hetero) is 1. The van der Waals surface area contributed by atoms with Crippen molar-refractivity contribution in [1.82, 2.24) is 0 Å². The highest BCUT2D eigenvalue weighted by molar-refractivity contribution is 5.75. The molecular weight excluding hydrogens is 188 g/mol. The number of hydrogen-bond donors (Lipinski definition) is 0. The van der Waals surface area contributed by atoms with Crippen molar-refractivity contribution >= 4 is 5.78 Å². The van der Waals surface area contributed by atoms with Gasteiger partial charge in [0.25, 0.3) is 0 Å². The number of allylic oxidation sites excluding steroid dienone is 2. The number of carbonyl (C=O) groups excluding carboxylic acids is 1. The van der Waals surface area contributed by atoms with Crippen LogP contribution in [0.5, 0.6) is 0 Å². The van der Waals surface area contributed by atoms with Crippen LogP contribution in [0.2, 0.25) is 0 Å². The molecule has 1 atom stereocenters. The minimum atomic E-state index is 0.256. The number of epoxide rings is 1. The largest absolute Gasteiger partial charge is 0.483 e. The highest BCUT2D eigenvalue weighted by Crippen LogP contribution is 2.34. The number of rotatable bonds is 5. The molecule has 1 aliphatic heterocycles. The van der Waals surface area contributed by atoms with Gasteiger partial charge in [-0.3, -0.25) is 0 Å². The molecule has 0 aromatic rings. The Kier molecular flexibility index (Phi) is 4.13. The Balaban J connectivity index is 2.28. The normalized spacial score (nSPS) is 19.9. The van der Waals surface area contributed by atoms with E-state index in [-0.39, 0.29) is 5.78 Å². The van der Waals surface area contributed by atoms with Crippen molar-refractivity contribution in [1.29, 1.82) is 0 Å². The van der Waals surface area contributed by atoms with Gasteiger partial charge in [-0.2, -0.15) is 0 Å². The van der Waals surface area contributed by atoms with Crippen molar-refractivity contribution in [2.24, 2.45) is 0 Å². The fourth-order valence-electron chi connectivity index (χ4n) is 1.59. The first-order valence-corrected chi connectivity index (χ1v) is 5.49. The molecule has 1 unspecified atom stereocenters. The Morgan fingerprint density at radius 2 is 2.00 bits per heavy atom. The van der Waals surface area contributed by atoms with E-state index >= 15 is 0 Å². The molecule has 1 rings (SSSR count). The van der Waals surface area contributed by atoms with Gasteiger partial charge in [0.2, 0.25) is 0 Å². The molecule has 2 nitrogen and oxygen atoms in total. The highest BCUT2D eigenvalue weighted by atomic mass is 16.6. The predicted molar refractivity (Wildman–Crippen MR) is 61.5 cm³/mol. The standard InChI is InChI=1S/C13H20O2/c1-9(2)13-12(15-13)8-10(3)6-5-7-11(4)14/h6,12H,5,7-8H2,1-4H3/b10-6+. The van der Waals surface area contributed by atoms with E-state index in [1.54, 1.807) is 6.92 Å². The van der Waals surface area contributed by atoms with Gasteiger partial charge in [0.15, 0.2) is 6.10 Å². The average Bonchev–Trinajstić information content (AvgIpc) is 2.82. The van der Waals surface area contributed by atoms with Crippen LogP contribution in [0.1, 0.15) is 47.0 Å². The summed E-state index contributed by atoms with van der Waals surface area (Å²) in [5.41, 5.74) is 2.59. The van der Waals surface area contributed by atoms with Crippen molar-refractivity contribution in [3.05, 3.63) is 23.0 Å². The van der Waals surface area contributed by atoms with Crippen molar-refractivity contribution in [3.63, 3.8) is 0 Å². The van der Waals surface area contributed by atoms with E-state index in [1.165, 1.54) is 11.1 Å². The van der Waals surface area contributed by atoms with Gasteiger partial charge < -0.3 is 9.53 Å². The lowest BCUT2D eigenvalue weighted by Gasteiger charge is -1.95. The molecule has 0 bridgehead atoms. The summed E-state index contributed by atoms with van der Waals surface area (Å²) in [5, 5.41) is 0. The van der Waals surface area contributed by atoms with Crippen LogP contribution in [0.25, 0.3) is 0 Å². The summed E-state index contributed by atoms with van der Waals surface area (Å²) in [6.07, 6.45) is 4.93. The third-order valence-electron chi connectivity index (χ3n) is 2.49. The lowest BCUT2D eigenvalue weighted by molar-refractivity contribution is -0.116. The maximum absolute atomic E-state index is 10.7. The van der Waals surface area contributed by atoms with Crippen LogP contribution in [0.15, 0.2) is 23.0 Å². The van der Waals surface area contributed by atoms with E-state index in [9.17, 15) is 4.79 Å². The summed E-state index contributed by atoms with van der Waals surface area (Å²) in [5.74, 6) is 1.40. The summed E-state index contributed by atoms with van der Waals surface area (Å²) in [7, 11) is 0. The second-order valence-electron chi connectivity index (χ2n) is 4.47. The van der Waals surface area contributed by atoms with E-state index in [0.29, 0.717) is 12.5 Å². The summed E-state index contributed by atoms with van der Waals surface area (Å²) in [6.45, 7) is 7.88. The second-order valence-corrected chi connectivity index (χ2v) is 4.47. The van der Waals surface area contributed by atoms with Gasteiger partial charge in [0.1, 0.15) is 11.5 Å². The maximum Gasteiger partial charge on any atom is 0.159 e. The molecule has 15 heavy (non-hydrogen) atoms. The number of carbonyl (C=O) groups is 1. The molecule has 2 heteroatoms. The number of hydrogen-bond acceptors (Lipinski definition) is 2. The summed E-state index contributed by atoms with van der Waals surface area (Å²) in [4.78, 5) is 10.7. The lowest BCUT2D eigenvalue weighted by Crippen LogP contribution is -1.90. The van der Waals surface area contributed by atoms with E-state index in [2.05, 4.69) is 26.8 Å². The van der Waals surface area contributed by atoms with E-state index in [0.717, 1.165) is 18.6 Å². The third-order valence-corrected chi connectivity index (χ3v) is 2.49. The topological polar surface area (TPSA) is 29.6 Å². The maximum atomic E-state index is 10.7. The third kappa shape index (κ3) is 4.32. The molecule has 0 radical (unpaired) electrons. The van der Waals surface area contributed by atoms with Gasteiger partial charge in [0.05, 0.1) is 0 Å². The van der Waals surface area contributed by atoms with Gasteiger partial charge in [-0.15, -0.1) is 0 Å². The van der Waals surface area contributed by atoms with Crippen LogP contribution in [-0.4, -0.2) is 11.9 Å². The van der Waals surface area contributed by atoms with Crippen LogP contribution in [0, 0.1) is 0 Å². The first-order chi connectivity index (χ1) is 7.00.